The second-order valence-electron chi connectivity index (χ2n) is 4.16. The van der Waals surface area contributed by atoms with E-state index in [1.165, 1.54) is 12.0 Å². The number of hydrogen-bond donors (Lipinski definition) is 0. The quantitative estimate of drug-likeness (QED) is 0.476. The Hall–Kier alpha value is -1.75. The standard InChI is InChI=1S/C13H14ClNO4/c1-18-9-5-3-8(4-6-9)12-11(14)13(17)15(12)7-10(16)19-2/h3-6,11-12H,7H2,1-2H3/t11-,12-/m1/s1. The number of β-lactam (4-membered cyclic amide) rings is 1. The average molecular weight is 284 g/mol. The summed E-state index contributed by atoms with van der Waals surface area (Å²) in [6, 6.07) is 6.93. The van der Waals surface area contributed by atoms with Gasteiger partial charge in [0.2, 0.25) is 5.91 Å². The van der Waals surface area contributed by atoms with Crippen LogP contribution in [0.1, 0.15) is 11.6 Å². The van der Waals surface area contributed by atoms with Crippen LogP contribution >= 0.6 is 11.6 Å². The first-order chi connectivity index (χ1) is 9.08. The number of nitrogens with zero attached hydrogens (tertiary/aromatic N) is 1. The second kappa shape index (κ2) is 5.48. The third-order valence-corrected chi connectivity index (χ3v) is 3.54. The summed E-state index contributed by atoms with van der Waals surface area (Å²) < 4.78 is 9.63. The van der Waals surface area contributed by atoms with Crippen molar-refractivity contribution in [3.05, 3.63) is 29.8 Å². The molecule has 6 heteroatoms. The Balaban J connectivity index is 2.16. The molecule has 1 aromatic carbocycles. The van der Waals surface area contributed by atoms with Gasteiger partial charge in [-0.25, -0.2) is 0 Å². The summed E-state index contributed by atoms with van der Waals surface area (Å²) >= 11 is 6.02. The second-order valence-corrected chi connectivity index (χ2v) is 4.63. The number of methoxy groups -OCH3 is 2. The highest BCUT2D eigenvalue weighted by atomic mass is 35.5. The van der Waals surface area contributed by atoms with Gasteiger partial charge >= 0.3 is 5.97 Å². The Morgan fingerprint density at radius 2 is 1.95 bits per heavy atom. The van der Waals surface area contributed by atoms with E-state index in [1.54, 1.807) is 19.2 Å². The van der Waals surface area contributed by atoms with E-state index in [4.69, 9.17) is 16.3 Å². The molecule has 0 N–H and O–H groups in total. The maximum Gasteiger partial charge on any atom is 0.325 e. The predicted molar refractivity (Wildman–Crippen MR) is 69.1 cm³/mol. The molecule has 0 saturated carbocycles. The number of rotatable bonds is 4. The van der Waals surface area contributed by atoms with E-state index in [0.717, 1.165) is 11.3 Å². The minimum atomic E-state index is -0.641. The van der Waals surface area contributed by atoms with Crippen molar-refractivity contribution < 1.29 is 19.1 Å². The minimum Gasteiger partial charge on any atom is -0.497 e. The third-order valence-electron chi connectivity index (χ3n) is 3.12. The molecule has 0 radical (unpaired) electrons. The number of benzene rings is 1. The number of halogens is 1. The van der Waals surface area contributed by atoms with Gasteiger partial charge in [-0.2, -0.15) is 0 Å². The van der Waals surface area contributed by atoms with Gasteiger partial charge in [-0.1, -0.05) is 12.1 Å². The fourth-order valence-electron chi connectivity index (χ4n) is 2.04. The molecule has 0 bridgehead atoms. The van der Waals surface area contributed by atoms with Crippen molar-refractivity contribution in [2.45, 2.75) is 11.4 Å². The molecule has 1 fully saturated rings. The van der Waals surface area contributed by atoms with Crippen molar-refractivity contribution in [2.24, 2.45) is 0 Å². The van der Waals surface area contributed by atoms with Crippen molar-refractivity contribution in [3.8, 4) is 5.75 Å². The van der Waals surface area contributed by atoms with E-state index in [0.29, 0.717) is 0 Å². The zero-order valence-corrected chi connectivity index (χ0v) is 11.4. The van der Waals surface area contributed by atoms with E-state index >= 15 is 0 Å². The molecule has 1 saturated heterocycles. The van der Waals surface area contributed by atoms with Crippen LogP contribution in [0.4, 0.5) is 0 Å². The van der Waals surface area contributed by atoms with Crippen LogP contribution in [-0.4, -0.2) is 42.9 Å². The van der Waals surface area contributed by atoms with E-state index in [2.05, 4.69) is 4.74 Å². The minimum absolute atomic E-state index is 0.0880. The number of hydrogen-bond acceptors (Lipinski definition) is 4. The normalized spacial score (nSPS) is 21.8. The fourth-order valence-corrected chi connectivity index (χ4v) is 2.44. The molecule has 1 aliphatic heterocycles. The van der Waals surface area contributed by atoms with Gasteiger partial charge in [-0.05, 0) is 17.7 Å². The van der Waals surface area contributed by atoms with Crippen LogP contribution in [0, 0.1) is 0 Å². The number of carbonyl (C=O) groups excluding carboxylic acids is 2. The van der Waals surface area contributed by atoms with Gasteiger partial charge < -0.3 is 14.4 Å². The number of esters is 1. The Morgan fingerprint density at radius 3 is 2.47 bits per heavy atom. The van der Waals surface area contributed by atoms with E-state index in [1.807, 2.05) is 12.1 Å². The zero-order valence-electron chi connectivity index (χ0n) is 10.6. The Labute approximate surface area is 116 Å². The van der Waals surface area contributed by atoms with Crippen LogP contribution in [0.25, 0.3) is 0 Å². The van der Waals surface area contributed by atoms with Crippen LogP contribution < -0.4 is 4.74 Å². The largest absolute Gasteiger partial charge is 0.497 e. The molecular weight excluding hydrogens is 270 g/mol. The van der Waals surface area contributed by atoms with Gasteiger partial charge in [0.1, 0.15) is 17.7 Å². The molecule has 0 aromatic heterocycles. The highest BCUT2D eigenvalue weighted by Crippen LogP contribution is 2.38. The van der Waals surface area contributed by atoms with Crippen molar-refractivity contribution in [1.29, 1.82) is 0 Å². The summed E-state index contributed by atoms with van der Waals surface area (Å²) in [6.45, 7) is -0.0880. The van der Waals surface area contributed by atoms with Crippen molar-refractivity contribution in [1.82, 2.24) is 4.90 Å². The van der Waals surface area contributed by atoms with Crippen LogP contribution in [0.15, 0.2) is 24.3 Å². The van der Waals surface area contributed by atoms with Gasteiger partial charge in [-0.15, -0.1) is 11.6 Å². The van der Waals surface area contributed by atoms with Crippen molar-refractivity contribution in [3.63, 3.8) is 0 Å². The molecule has 0 spiro atoms. The number of ether oxygens (including phenoxy) is 2. The monoisotopic (exact) mass is 283 g/mol. The summed E-state index contributed by atoms with van der Waals surface area (Å²) in [7, 11) is 2.86. The van der Waals surface area contributed by atoms with Crippen molar-refractivity contribution >= 4 is 23.5 Å². The lowest BCUT2D eigenvalue weighted by atomic mass is 9.93. The molecule has 1 aromatic rings. The molecule has 0 unspecified atom stereocenters. The van der Waals surface area contributed by atoms with E-state index in [-0.39, 0.29) is 18.5 Å². The predicted octanol–water partition coefficient (Wildman–Crippen LogP) is 1.36. The highest BCUT2D eigenvalue weighted by Gasteiger charge is 2.47. The number of amides is 1. The smallest absolute Gasteiger partial charge is 0.325 e. The topological polar surface area (TPSA) is 55.8 Å². The molecular formula is C13H14ClNO4. The summed E-state index contributed by atoms with van der Waals surface area (Å²) in [5.74, 6) is 0.00311. The first kappa shape index (κ1) is 13.7. The Bertz CT molecular complexity index is 488. The molecule has 2 atom stereocenters. The fraction of sp³-hybridized carbons (Fsp3) is 0.385. The molecule has 5 nitrogen and oxygen atoms in total. The summed E-state index contributed by atoms with van der Waals surface area (Å²) in [4.78, 5) is 24.4. The number of likely N-dealkylation sites (tertiary alicyclic amines) is 1. The molecule has 19 heavy (non-hydrogen) atoms. The molecule has 102 valence electrons. The molecule has 1 amide bonds. The number of carbonyl (C=O) groups is 2. The third kappa shape index (κ3) is 2.51. The molecule has 2 rings (SSSR count). The highest BCUT2D eigenvalue weighted by molar-refractivity contribution is 6.33. The lowest BCUT2D eigenvalue weighted by Crippen LogP contribution is -2.57. The van der Waals surface area contributed by atoms with Crippen LogP contribution in [0.3, 0.4) is 0 Å². The maximum atomic E-state index is 11.7. The molecule has 1 aliphatic rings. The maximum absolute atomic E-state index is 11.7. The van der Waals surface area contributed by atoms with Gasteiger partial charge in [0.05, 0.1) is 20.3 Å². The Morgan fingerprint density at radius 1 is 1.32 bits per heavy atom. The molecule has 1 heterocycles. The first-order valence-corrected chi connectivity index (χ1v) is 6.17. The van der Waals surface area contributed by atoms with Crippen LogP contribution in [-0.2, 0) is 14.3 Å². The Kier molecular flexibility index (Phi) is 3.95. The SMILES string of the molecule is COC(=O)CN1C(=O)[C@H](Cl)[C@H]1c1ccc(OC)cc1. The number of alkyl halides is 1. The van der Waals surface area contributed by atoms with Crippen LogP contribution in [0.2, 0.25) is 0 Å². The zero-order chi connectivity index (χ0) is 14.0. The van der Waals surface area contributed by atoms with Gasteiger partial charge in [0.15, 0.2) is 0 Å². The lowest BCUT2D eigenvalue weighted by Gasteiger charge is -2.43. The lowest BCUT2D eigenvalue weighted by molar-refractivity contribution is -0.156. The average Bonchev–Trinajstić information content (AvgIpc) is 2.46. The first-order valence-electron chi connectivity index (χ1n) is 5.73. The van der Waals surface area contributed by atoms with Crippen molar-refractivity contribution in [2.75, 3.05) is 20.8 Å². The van der Waals surface area contributed by atoms with E-state index < -0.39 is 11.3 Å². The summed E-state index contributed by atoms with van der Waals surface area (Å²) in [6.07, 6.45) is 0. The summed E-state index contributed by atoms with van der Waals surface area (Å²) in [5, 5.41) is -0.641. The molecule has 0 aliphatic carbocycles. The van der Waals surface area contributed by atoms with Gasteiger partial charge in [0, 0.05) is 0 Å². The van der Waals surface area contributed by atoms with Gasteiger partial charge in [-0.3, -0.25) is 9.59 Å². The van der Waals surface area contributed by atoms with E-state index in [9.17, 15) is 9.59 Å². The summed E-state index contributed by atoms with van der Waals surface area (Å²) in [5.41, 5.74) is 0.865. The van der Waals surface area contributed by atoms with Gasteiger partial charge in [0.25, 0.3) is 0 Å². The van der Waals surface area contributed by atoms with Crippen LogP contribution in [0.5, 0.6) is 5.75 Å².